The number of aliphatic hydroxyl groups is 2. The first-order valence-corrected chi connectivity index (χ1v) is 9.43. The van der Waals surface area contributed by atoms with E-state index in [9.17, 15) is 25.7 Å². The number of hydrogen-bond acceptors (Lipinski definition) is 9. The number of nitrogens with zero attached hydrogens (tertiary/aromatic N) is 4. The van der Waals surface area contributed by atoms with Gasteiger partial charge in [-0.1, -0.05) is 0 Å². The lowest BCUT2D eigenvalue weighted by Gasteiger charge is -2.26. The minimum absolute atomic E-state index is 0.171. The Morgan fingerprint density at radius 1 is 1.29 bits per heavy atom. The van der Waals surface area contributed by atoms with Gasteiger partial charge in [0, 0.05) is 19.4 Å². The molecule has 28 heavy (non-hydrogen) atoms. The molecule has 0 aliphatic carbocycles. The van der Waals surface area contributed by atoms with E-state index in [2.05, 4.69) is 14.8 Å². The molecule has 1 saturated heterocycles. The summed E-state index contributed by atoms with van der Waals surface area (Å²) >= 11 is 0.929. The molecule has 2 unspecified atom stereocenters. The fraction of sp³-hybridized carbons (Fsp3) is 0.389. The van der Waals surface area contributed by atoms with E-state index in [4.69, 9.17) is 4.74 Å². The maximum Gasteiger partial charge on any atom is 0.205 e. The van der Waals surface area contributed by atoms with Gasteiger partial charge in [-0.25, -0.2) is 4.57 Å². The highest BCUT2D eigenvalue weighted by molar-refractivity contribution is 7.00. The van der Waals surface area contributed by atoms with E-state index in [1.807, 2.05) is 0 Å². The van der Waals surface area contributed by atoms with E-state index in [0.717, 1.165) is 11.7 Å². The highest BCUT2D eigenvalue weighted by Crippen LogP contribution is 2.65. The number of aromatic nitrogens is 3. The lowest BCUT2D eigenvalue weighted by atomic mass is 9.76. The fourth-order valence-electron chi connectivity index (χ4n) is 4.65. The first-order chi connectivity index (χ1) is 13.4. The molecular weight excluding hydrogens is 384 g/mol. The van der Waals surface area contributed by atoms with Crippen LogP contribution in [0.1, 0.15) is 36.5 Å². The Labute approximate surface area is 163 Å². The smallest absolute Gasteiger partial charge is 0.205 e. The zero-order valence-electron chi connectivity index (χ0n) is 14.7. The van der Waals surface area contributed by atoms with Gasteiger partial charge in [-0.15, -0.1) is 0 Å². The number of benzene rings is 1. The molecule has 3 atom stereocenters. The molecule has 0 amide bonds. The third-order valence-electron chi connectivity index (χ3n) is 5.91. The monoisotopic (exact) mass is 400 g/mol. The standard InChI is InChI=1S/C18H16N4O5S/c1-17-10(24)6-18(27-17,4-5-23)12-11(17)15(25)22(16(12)26)9-3-2-8(7-19)13-14(9)21-28-20-13/h2-3,10,23-26H,4-6H2,1H3/t10-,17?,18?/m0/s1. The molecule has 1 fully saturated rings. The molecule has 10 heteroatoms. The third-order valence-corrected chi connectivity index (χ3v) is 6.44. The van der Waals surface area contributed by atoms with Crippen molar-refractivity contribution in [2.24, 2.45) is 0 Å². The second-order valence-electron chi connectivity index (χ2n) is 7.34. The summed E-state index contributed by atoms with van der Waals surface area (Å²) in [6.45, 7) is 1.45. The SMILES string of the molecule is CC12OC(CCO)(C[C@@H]1O)c1c2c(O)n(-c2ccc(C#N)c3nsnc23)c1O. The fourth-order valence-corrected chi connectivity index (χ4v) is 5.22. The quantitative estimate of drug-likeness (QED) is 0.516. The van der Waals surface area contributed by atoms with E-state index < -0.39 is 17.3 Å². The molecule has 3 aromatic rings. The van der Waals surface area contributed by atoms with Crippen LogP contribution in [0.2, 0.25) is 0 Å². The second kappa shape index (κ2) is 5.42. The van der Waals surface area contributed by atoms with Crippen LogP contribution < -0.4 is 0 Å². The van der Waals surface area contributed by atoms with Crippen molar-refractivity contribution in [3.05, 3.63) is 28.8 Å². The zero-order valence-corrected chi connectivity index (χ0v) is 15.6. The van der Waals surface area contributed by atoms with Gasteiger partial charge in [-0.3, -0.25) is 0 Å². The Bertz CT molecular complexity index is 1180. The Morgan fingerprint density at radius 2 is 2.00 bits per heavy atom. The summed E-state index contributed by atoms with van der Waals surface area (Å²) in [4.78, 5) is 0. The van der Waals surface area contributed by atoms with Gasteiger partial charge >= 0.3 is 0 Å². The highest BCUT2D eigenvalue weighted by Gasteiger charge is 2.65. The van der Waals surface area contributed by atoms with E-state index in [-0.39, 0.29) is 31.2 Å². The Kier molecular flexibility index (Phi) is 3.37. The molecule has 9 nitrogen and oxygen atoms in total. The molecular formula is C18H16N4O5S. The largest absolute Gasteiger partial charge is 0.494 e. The molecule has 4 heterocycles. The van der Waals surface area contributed by atoms with Crippen molar-refractivity contribution < 1.29 is 25.2 Å². The van der Waals surface area contributed by atoms with Crippen LogP contribution in [0.3, 0.4) is 0 Å². The summed E-state index contributed by atoms with van der Waals surface area (Å²) in [7, 11) is 0. The van der Waals surface area contributed by atoms with Crippen molar-refractivity contribution in [2.45, 2.75) is 37.1 Å². The van der Waals surface area contributed by atoms with Gasteiger partial charge in [0.1, 0.15) is 28.3 Å². The van der Waals surface area contributed by atoms with Crippen LogP contribution >= 0.6 is 11.7 Å². The Morgan fingerprint density at radius 3 is 2.71 bits per heavy atom. The summed E-state index contributed by atoms with van der Waals surface area (Å²) < 4.78 is 15.7. The van der Waals surface area contributed by atoms with Crippen molar-refractivity contribution in [1.82, 2.24) is 13.3 Å². The molecule has 2 bridgehead atoms. The van der Waals surface area contributed by atoms with Gasteiger partial charge in [0.25, 0.3) is 0 Å². The number of rotatable bonds is 3. The lowest BCUT2D eigenvalue weighted by molar-refractivity contribution is -0.108. The van der Waals surface area contributed by atoms with Crippen molar-refractivity contribution in [1.29, 1.82) is 5.26 Å². The van der Waals surface area contributed by atoms with Gasteiger partial charge in [-0.2, -0.15) is 14.0 Å². The van der Waals surface area contributed by atoms with Crippen LogP contribution in [0.15, 0.2) is 12.1 Å². The number of ether oxygens (including phenoxy) is 1. The number of nitriles is 1. The van der Waals surface area contributed by atoms with Gasteiger partial charge in [-0.05, 0) is 19.1 Å². The van der Waals surface area contributed by atoms with Crippen molar-refractivity contribution in [3.63, 3.8) is 0 Å². The summed E-state index contributed by atoms with van der Waals surface area (Å²) in [5.74, 6) is -0.511. The first kappa shape index (κ1) is 17.4. The number of aromatic hydroxyl groups is 2. The van der Waals surface area contributed by atoms with Crippen LogP contribution in [-0.4, -0.2) is 46.5 Å². The maximum absolute atomic E-state index is 11.1. The van der Waals surface area contributed by atoms with E-state index in [0.29, 0.717) is 33.4 Å². The predicted octanol–water partition coefficient (Wildman–Crippen LogP) is 1.35. The topological polar surface area (TPSA) is 145 Å². The Hall–Kier alpha value is -2.71. The summed E-state index contributed by atoms with van der Waals surface area (Å²) in [5, 5.41) is 51.5. The molecule has 0 radical (unpaired) electrons. The molecule has 0 spiro atoms. The first-order valence-electron chi connectivity index (χ1n) is 8.70. The minimum atomic E-state index is -1.21. The van der Waals surface area contributed by atoms with Crippen LogP contribution in [-0.2, 0) is 15.9 Å². The van der Waals surface area contributed by atoms with Gasteiger partial charge in [0.05, 0.1) is 40.2 Å². The normalized spacial score (nSPS) is 28.0. The van der Waals surface area contributed by atoms with Gasteiger partial charge in [0.2, 0.25) is 11.8 Å². The highest BCUT2D eigenvalue weighted by atomic mass is 32.1. The molecule has 2 aromatic heterocycles. The number of hydrogen-bond donors (Lipinski definition) is 4. The van der Waals surface area contributed by atoms with Crippen LogP contribution in [0.5, 0.6) is 11.8 Å². The molecule has 1 aromatic carbocycles. The second-order valence-corrected chi connectivity index (χ2v) is 7.86. The van der Waals surface area contributed by atoms with Crippen molar-refractivity contribution in [3.8, 4) is 23.5 Å². The lowest BCUT2D eigenvalue weighted by Crippen LogP contribution is -2.33. The molecule has 2 aliphatic rings. The van der Waals surface area contributed by atoms with Gasteiger partial charge in [0.15, 0.2) is 0 Å². The number of aliphatic hydroxyl groups excluding tert-OH is 2. The molecule has 4 N–H and O–H groups in total. The molecule has 2 aliphatic heterocycles. The average Bonchev–Trinajstić information content (AvgIpc) is 3.35. The number of fused-ring (bicyclic) bond motifs is 6. The summed E-state index contributed by atoms with van der Waals surface area (Å²) in [6.07, 6.45) is -0.519. The van der Waals surface area contributed by atoms with Crippen LogP contribution in [0.25, 0.3) is 16.7 Å². The summed E-state index contributed by atoms with van der Waals surface area (Å²) in [6, 6.07) is 5.18. The Balaban J connectivity index is 1.82. The molecule has 0 saturated carbocycles. The predicted molar refractivity (Wildman–Crippen MR) is 97.2 cm³/mol. The maximum atomic E-state index is 11.1. The summed E-state index contributed by atoms with van der Waals surface area (Å²) in [5.41, 5.74) is -0.157. The van der Waals surface area contributed by atoms with E-state index >= 15 is 0 Å². The van der Waals surface area contributed by atoms with E-state index in [1.54, 1.807) is 19.1 Å². The van der Waals surface area contributed by atoms with E-state index in [1.165, 1.54) is 4.57 Å². The van der Waals surface area contributed by atoms with Crippen molar-refractivity contribution >= 4 is 22.8 Å². The zero-order chi connectivity index (χ0) is 19.8. The molecule has 5 rings (SSSR count). The molecule has 144 valence electrons. The minimum Gasteiger partial charge on any atom is -0.494 e. The van der Waals surface area contributed by atoms with Gasteiger partial charge < -0.3 is 25.2 Å². The van der Waals surface area contributed by atoms with Crippen LogP contribution in [0, 0.1) is 11.3 Å². The average molecular weight is 400 g/mol. The van der Waals surface area contributed by atoms with Crippen LogP contribution in [0.4, 0.5) is 0 Å². The third kappa shape index (κ3) is 1.84. The van der Waals surface area contributed by atoms with Crippen molar-refractivity contribution in [2.75, 3.05) is 6.61 Å².